The molecule has 196 valence electrons. The van der Waals surface area contributed by atoms with Crippen LogP contribution in [0.4, 0.5) is 0 Å². The minimum atomic E-state index is 0.184. The molecule has 3 rings (SSSR count). The standard InChI is InChI=1S/C14H19NO.C10H13NO.C6H4BrNO/c1-3-4-8-14-10-9-13(11-15-14)7-5-6-12(2)16;1-2-3-4-10-6-5-9(8-12)7-11-10;7-6-2-1-5(4-9)3-8-6/h5,7,9-11H,3-4,6,8H2,1-2H3;5-8H,2-4H2,1H3;1-4H/b7-5+;;. The van der Waals surface area contributed by atoms with Crippen LogP contribution in [0.25, 0.3) is 6.08 Å². The van der Waals surface area contributed by atoms with Crippen molar-refractivity contribution in [3.05, 3.63) is 93.7 Å². The van der Waals surface area contributed by atoms with E-state index in [4.69, 9.17) is 0 Å². The van der Waals surface area contributed by atoms with Crippen molar-refractivity contribution < 1.29 is 14.4 Å². The Morgan fingerprint density at radius 1 is 0.757 bits per heavy atom. The molecule has 6 nitrogen and oxygen atoms in total. The molecule has 0 aromatic carbocycles. The minimum absolute atomic E-state index is 0.184. The van der Waals surface area contributed by atoms with Crippen LogP contribution in [-0.2, 0) is 17.6 Å². The summed E-state index contributed by atoms with van der Waals surface area (Å²) in [4.78, 5) is 43.5. The predicted molar refractivity (Wildman–Crippen MR) is 153 cm³/mol. The summed E-state index contributed by atoms with van der Waals surface area (Å²) in [6.45, 7) is 5.93. The molecule has 3 aromatic rings. The number of unbranched alkanes of at least 4 members (excludes halogenated alkanes) is 2. The molecule has 0 aliphatic heterocycles. The van der Waals surface area contributed by atoms with Gasteiger partial charge in [0.05, 0.1) is 0 Å². The van der Waals surface area contributed by atoms with Crippen LogP contribution in [0, 0.1) is 0 Å². The number of aromatic nitrogens is 3. The third-order valence-corrected chi connectivity index (χ3v) is 5.48. The maximum atomic E-state index is 10.7. The highest BCUT2D eigenvalue weighted by Gasteiger charge is 1.95. The molecule has 0 spiro atoms. The number of nitrogens with zero attached hydrogens (tertiary/aromatic N) is 3. The van der Waals surface area contributed by atoms with Crippen molar-refractivity contribution in [3.63, 3.8) is 0 Å². The van der Waals surface area contributed by atoms with E-state index in [0.29, 0.717) is 17.5 Å². The fourth-order valence-electron chi connectivity index (χ4n) is 2.87. The van der Waals surface area contributed by atoms with Gasteiger partial charge in [-0.05, 0) is 84.4 Å². The van der Waals surface area contributed by atoms with E-state index in [9.17, 15) is 14.4 Å². The summed E-state index contributed by atoms with van der Waals surface area (Å²) in [5.74, 6) is 0.184. The van der Waals surface area contributed by atoms with Gasteiger partial charge in [0, 0.05) is 47.5 Å². The Morgan fingerprint density at radius 2 is 1.24 bits per heavy atom. The highest BCUT2D eigenvalue weighted by Crippen LogP contribution is 2.07. The van der Waals surface area contributed by atoms with Crippen molar-refractivity contribution in [2.75, 3.05) is 0 Å². The summed E-state index contributed by atoms with van der Waals surface area (Å²) in [6, 6.07) is 11.3. The lowest BCUT2D eigenvalue weighted by atomic mass is 10.1. The van der Waals surface area contributed by atoms with E-state index in [1.54, 1.807) is 25.3 Å². The largest absolute Gasteiger partial charge is 0.300 e. The van der Waals surface area contributed by atoms with E-state index < -0.39 is 0 Å². The van der Waals surface area contributed by atoms with Crippen molar-refractivity contribution in [3.8, 4) is 0 Å². The lowest BCUT2D eigenvalue weighted by Gasteiger charge is -1.99. The molecular weight excluding hydrogens is 530 g/mol. The smallest absolute Gasteiger partial charge is 0.151 e. The number of carbonyl (C=O) groups is 3. The summed E-state index contributed by atoms with van der Waals surface area (Å²) in [5.41, 5.74) is 4.52. The van der Waals surface area contributed by atoms with Gasteiger partial charge in [-0.2, -0.15) is 0 Å². The van der Waals surface area contributed by atoms with E-state index in [-0.39, 0.29) is 5.78 Å². The summed E-state index contributed by atoms with van der Waals surface area (Å²) in [5, 5.41) is 0. The van der Waals surface area contributed by atoms with Crippen LogP contribution in [0.15, 0.2) is 65.7 Å². The Hall–Kier alpha value is -3.32. The lowest BCUT2D eigenvalue weighted by molar-refractivity contribution is -0.116. The summed E-state index contributed by atoms with van der Waals surface area (Å²) in [7, 11) is 0. The molecule has 0 atom stereocenters. The normalized spacial score (nSPS) is 10.1. The van der Waals surface area contributed by atoms with Crippen molar-refractivity contribution in [1.29, 1.82) is 0 Å². The zero-order valence-corrected chi connectivity index (χ0v) is 23.5. The van der Waals surface area contributed by atoms with Gasteiger partial charge in [-0.15, -0.1) is 0 Å². The molecular formula is C30H36BrN3O3. The Bertz CT molecular complexity index is 1080. The first kappa shape index (κ1) is 31.7. The second-order valence-corrected chi connectivity index (χ2v) is 9.14. The van der Waals surface area contributed by atoms with Gasteiger partial charge < -0.3 is 0 Å². The van der Waals surface area contributed by atoms with Crippen LogP contribution in [0.3, 0.4) is 0 Å². The van der Waals surface area contributed by atoms with Crippen molar-refractivity contribution in [1.82, 2.24) is 15.0 Å². The molecule has 0 aliphatic carbocycles. The molecule has 0 radical (unpaired) electrons. The number of halogens is 1. The fraction of sp³-hybridized carbons (Fsp3) is 0.333. The summed E-state index contributed by atoms with van der Waals surface area (Å²) in [6.07, 6.45) is 17.7. The van der Waals surface area contributed by atoms with Crippen LogP contribution in [0.5, 0.6) is 0 Å². The number of carbonyl (C=O) groups excluding carboxylic acids is 3. The van der Waals surface area contributed by atoms with Crippen LogP contribution in [-0.4, -0.2) is 33.3 Å². The number of rotatable bonds is 11. The third-order valence-electron chi connectivity index (χ3n) is 5.01. The molecule has 0 N–H and O–H groups in total. The Kier molecular flexibility index (Phi) is 17.0. The summed E-state index contributed by atoms with van der Waals surface area (Å²) < 4.78 is 0.744. The topological polar surface area (TPSA) is 89.9 Å². The Morgan fingerprint density at radius 3 is 1.62 bits per heavy atom. The average Bonchev–Trinajstić information content (AvgIpc) is 2.93. The SMILES string of the molecule is CCCCc1ccc(/C=C/CC(C)=O)cn1.CCCCc1ccc(C=O)cn1.O=Cc1ccc(Br)nc1. The molecule has 0 fully saturated rings. The number of allylic oxidation sites excluding steroid dienone is 1. The number of pyridine rings is 3. The zero-order valence-electron chi connectivity index (χ0n) is 21.9. The van der Waals surface area contributed by atoms with Crippen molar-refractivity contribution in [2.24, 2.45) is 0 Å². The number of hydrogen-bond donors (Lipinski definition) is 0. The van der Waals surface area contributed by atoms with E-state index in [1.165, 1.54) is 25.5 Å². The quantitative estimate of drug-likeness (QED) is 0.179. The van der Waals surface area contributed by atoms with Gasteiger partial charge in [0.15, 0.2) is 12.6 Å². The molecule has 0 saturated carbocycles. The van der Waals surface area contributed by atoms with E-state index in [2.05, 4.69) is 56.9 Å². The van der Waals surface area contributed by atoms with Crippen LogP contribution < -0.4 is 0 Å². The number of aryl methyl sites for hydroxylation is 2. The van der Waals surface area contributed by atoms with Crippen LogP contribution in [0.2, 0.25) is 0 Å². The van der Waals surface area contributed by atoms with Crippen molar-refractivity contribution in [2.45, 2.75) is 65.7 Å². The molecule has 7 heteroatoms. The van der Waals surface area contributed by atoms with Gasteiger partial charge in [0.2, 0.25) is 0 Å². The molecule has 3 aromatic heterocycles. The van der Waals surface area contributed by atoms with Gasteiger partial charge in [-0.25, -0.2) is 4.98 Å². The van der Waals surface area contributed by atoms with Gasteiger partial charge >= 0.3 is 0 Å². The molecule has 37 heavy (non-hydrogen) atoms. The Labute approximate surface area is 228 Å². The third kappa shape index (κ3) is 15.4. The van der Waals surface area contributed by atoms with Crippen LogP contribution in [0.1, 0.15) is 90.5 Å². The van der Waals surface area contributed by atoms with Gasteiger partial charge in [0.25, 0.3) is 0 Å². The highest BCUT2D eigenvalue weighted by molar-refractivity contribution is 9.10. The number of Topliss-reactive ketones (excluding diaryl/α,β-unsaturated/α-hetero) is 1. The molecule has 0 saturated heterocycles. The highest BCUT2D eigenvalue weighted by atomic mass is 79.9. The minimum Gasteiger partial charge on any atom is -0.300 e. The molecule has 0 aliphatic rings. The van der Waals surface area contributed by atoms with Gasteiger partial charge in [-0.1, -0.05) is 44.9 Å². The molecule has 0 amide bonds. The number of ketones is 1. The Balaban J connectivity index is 0.000000289. The van der Waals surface area contributed by atoms with E-state index in [0.717, 1.165) is 53.4 Å². The summed E-state index contributed by atoms with van der Waals surface area (Å²) >= 11 is 3.15. The first-order valence-electron chi connectivity index (χ1n) is 12.5. The van der Waals surface area contributed by atoms with E-state index in [1.807, 2.05) is 30.5 Å². The van der Waals surface area contributed by atoms with Gasteiger partial charge in [0.1, 0.15) is 10.4 Å². The maximum absolute atomic E-state index is 10.7. The molecule has 0 bridgehead atoms. The molecule has 3 heterocycles. The van der Waals surface area contributed by atoms with E-state index >= 15 is 0 Å². The first-order chi connectivity index (χ1) is 17.9. The fourth-order valence-corrected chi connectivity index (χ4v) is 3.10. The second-order valence-electron chi connectivity index (χ2n) is 8.33. The van der Waals surface area contributed by atoms with Crippen LogP contribution >= 0.6 is 15.9 Å². The monoisotopic (exact) mass is 565 g/mol. The first-order valence-corrected chi connectivity index (χ1v) is 13.3. The van der Waals surface area contributed by atoms with Gasteiger partial charge in [-0.3, -0.25) is 24.4 Å². The number of aldehydes is 2. The average molecular weight is 567 g/mol. The zero-order chi connectivity index (χ0) is 27.3. The maximum Gasteiger partial charge on any atom is 0.151 e. The molecule has 0 unspecified atom stereocenters. The van der Waals surface area contributed by atoms with Crippen molar-refractivity contribution >= 4 is 40.4 Å². The lowest BCUT2D eigenvalue weighted by Crippen LogP contribution is -1.90. The predicted octanol–water partition coefficient (Wildman–Crippen LogP) is 7.31. The second kappa shape index (κ2) is 19.8. The number of hydrogen-bond acceptors (Lipinski definition) is 6.